The van der Waals surface area contributed by atoms with Crippen molar-refractivity contribution in [2.75, 3.05) is 0 Å². The van der Waals surface area contributed by atoms with Crippen LogP contribution in [0.5, 0.6) is 0 Å². The summed E-state index contributed by atoms with van der Waals surface area (Å²) in [5.41, 5.74) is 4.17. The standard InChI is InChI=1S/C11H11.2HI.Ti/c1-2-9-7-10-5-3-4-6-11(10)8-9;;;/h3-8H,2H2,1H3;2*1H;/q;;;+2/p-2. The molecule has 1 aliphatic rings. The summed E-state index contributed by atoms with van der Waals surface area (Å²) in [6.07, 6.45) is 5.65. The Hall–Kier alpha value is 1.13. The van der Waals surface area contributed by atoms with Crippen molar-refractivity contribution in [3.8, 4) is 0 Å². The van der Waals surface area contributed by atoms with Crippen molar-refractivity contribution in [2.24, 2.45) is 0 Å². The normalized spacial score (nSPS) is 12.4. The zero-order chi connectivity index (χ0) is 10.4. The van der Waals surface area contributed by atoms with Crippen LogP contribution in [0.3, 0.4) is 0 Å². The fraction of sp³-hybridized carbons (Fsp3) is 0.182. The second-order valence-corrected chi connectivity index (χ2v) is 16.1. The van der Waals surface area contributed by atoms with Crippen molar-refractivity contribution in [1.29, 1.82) is 0 Å². The fourth-order valence-corrected chi connectivity index (χ4v) is 1.42. The molecule has 1 aromatic carbocycles. The zero-order valence-corrected chi connectivity index (χ0v) is 13.8. The topological polar surface area (TPSA) is 0 Å². The molecule has 3 heteroatoms. The molecule has 0 N–H and O–H groups in total. The fourth-order valence-electron chi connectivity index (χ4n) is 1.42. The van der Waals surface area contributed by atoms with Crippen molar-refractivity contribution in [1.82, 2.24) is 0 Å². The molecule has 0 atom stereocenters. The molecular weight excluding hydrogens is 434 g/mol. The molecule has 0 aromatic heterocycles. The van der Waals surface area contributed by atoms with Gasteiger partial charge in [-0.15, -0.1) is 0 Å². The second-order valence-electron chi connectivity index (χ2n) is 2.92. The van der Waals surface area contributed by atoms with E-state index in [1.54, 1.807) is 0 Å². The summed E-state index contributed by atoms with van der Waals surface area (Å²) in [4.78, 5) is 0. The van der Waals surface area contributed by atoms with E-state index in [0.717, 1.165) is 6.42 Å². The van der Waals surface area contributed by atoms with Gasteiger partial charge in [0.2, 0.25) is 0 Å². The van der Waals surface area contributed by atoms with Crippen LogP contribution in [0.25, 0.3) is 6.08 Å². The van der Waals surface area contributed by atoms with Crippen LogP contribution in [0.4, 0.5) is 0 Å². The number of rotatable bonds is 1. The summed E-state index contributed by atoms with van der Waals surface area (Å²) >= 11 is 5.24. The van der Waals surface area contributed by atoms with Gasteiger partial charge in [0, 0.05) is 6.42 Å². The summed E-state index contributed by atoms with van der Waals surface area (Å²) in [6.45, 7) is 2.19. The molecule has 0 heterocycles. The summed E-state index contributed by atoms with van der Waals surface area (Å²) in [5.74, 6) is 0. The maximum absolute atomic E-state index is 2.40. The predicted octanol–water partition coefficient (Wildman–Crippen LogP) is 4.81. The molecule has 2 rings (SSSR count). The van der Waals surface area contributed by atoms with Gasteiger partial charge in [-0.1, -0.05) is 42.8 Å². The Morgan fingerprint density at radius 3 is 2.21 bits per heavy atom. The van der Waals surface area contributed by atoms with E-state index in [1.807, 2.05) is 0 Å². The van der Waals surface area contributed by atoms with Crippen LogP contribution in [0.15, 0.2) is 29.8 Å². The van der Waals surface area contributed by atoms with E-state index in [4.69, 9.17) is 0 Å². The summed E-state index contributed by atoms with van der Waals surface area (Å²) in [6, 6.07) is 8.49. The van der Waals surface area contributed by atoms with Crippen LogP contribution in [-0.4, -0.2) is 0 Å². The Morgan fingerprint density at radius 1 is 1.14 bits per heavy atom. The average Bonchev–Trinajstić information content (AvgIpc) is 2.61. The molecule has 0 unspecified atom stereocenters. The summed E-state index contributed by atoms with van der Waals surface area (Å²) in [5, 5.41) is 0. The van der Waals surface area contributed by atoms with Gasteiger partial charge in [0.25, 0.3) is 0 Å². The minimum atomic E-state index is 0.440. The van der Waals surface area contributed by atoms with Crippen LogP contribution in [-0.2, 0) is 11.7 Å². The number of halogens is 2. The number of benzene rings is 1. The predicted molar refractivity (Wildman–Crippen MR) is 76.2 cm³/mol. The van der Waals surface area contributed by atoms with Crippen LogP contribution in [0.1, 0.15) is 24.5 Å². The van der Waals surface area contributed by atoms with E-state index in [-0.39, 0.29) is 0 Å². The molecule has 0 amide bonds. The Morgan fingerprint density at radius 2 is 1.71 bits per heavy atom. The van der Waals surface area contributed by atoms with Crippen molar-refractivity contribution in [3.63, 3.8) is 0 Å². The second kappa shape index (κ2) is 7.41. The Labute approximate surface area is 115 Å². The maximum atomic E-state index is 2.40. The molecule has 14 heavy (non-hydrogen) atoms. The third kappa shape index (κ3) is 3.95. The van der Waals surface area contributed by atoms with Gasteiger partial charge in [0.05, 0.1) is 0 Å². The first-order chi connectivity index (χ1) is 6.81. The van der Waals surface area contributed by atoms with Gasteiger partial charge >= 0.3 is 50.0 Å². The zero-order valence-electron chi connectivity index (χ0n) is 7.93. The van der Waals surface area contributed by atoms with Crippen molar-refractivity contribution in [3.05, 3.63) is 47.4 Å². The number of allylic oxidation sites excluding steroid dienone is 1. The van der Waals surface area contributed by atoms with Gasteiger partial charge in [0.15, 0.2) is 0 Å². The quantitative estimate of drug-likeness (QED) is 0.430. The number of fused-ring (bicyclic) bond motifs is 1. The van der Waals surface area contributed by atoms with E-state index < -0.39 is 0 Å². The molecule has 73 valence electrons. The molecule has 0 aliphatic heterocycles. The first kappa shape index (κ1) is 13.2. The van der Waals surface area contributed by atoms with Gasteiger partial charge < -0.3 is 0 Å². The Bertz CT molecular complexity index is 321. The van der Waals surface area contributed by atoms with Gasteiger partial charge in [-0.25, -0.2) is 0 Å². The first-order valence-electron chi connectivity index (χ1n) is 4.42. The molecule has 1 aromatic rings. The summed E-state index contributed by atoms with van der Waals surface area (Å²) in [7, 11) is 0. The van der Waals surface area contributed by atoms with Crippen molar-refractivity contribution >= 4 is 44.5 Å². The van der Waals surface area contributed by atoms with Gasteiger partial charge in [-0.3, -0.25) is 0 Å². The van der Waals surface area contributed by atoms with Gasteiger partial charge in [-0.2, -0.15) is 0 Å². The van der Waals surface area contributed by atoms with Crippen LogP contribution in [0.2, 0.25) is 0 Å². The number of hydrogen-bond donors (Lipinski definition) is 0. The third-order valence-electron chi connectivity index (χ3n) is 2.09. The third-order valence-corrected chi connectivity index (χ3v) is 2.09. The van der Waals surface area contributed by atoms with Crippen LogP contribution >= 0.6 is 38.4 Å². The molecular formula is C11H11I2Ti. The van der Waals surface area contributed by atoms with Gasteiger partial charge in [0.1, 0.15) is 0 Å². The Balaban J connectivity index is 0.000000293. The molecule has 1 radical (unpaired) electrons. The minimum absolute atomic E-state index is 0.440. The molecule has 1 aliphatic carbocycles. The Kier molecular flexibility index (Phi) is 6.99. The van der Waals surface area contributed by atoms with Crippen LogP contribution in [0, 0.1) is 6.42 Å². The van der Waals surface area contributed by atoms with Gasteiger partial charge in [-0.05, 0) is 17.5 Å². The molecule has 0 fully saturated rings. The van der Waals surface area contributed by atoms with Crippen molar-refractivity contribution < 1.29 is 11.7 Å². The SMILES string of the molecule is CCC1=Cc2ccccc2[CH]1.[I][Ti][I]. The summed E-state index contributed by atoms with van der Waals surface area (Å²) < 4.78 is 0. The molecule has 0 bridgehead atoms. The molecule has 0 saturated heterocycles. The average molecular weight is 445 g/mol. The van der Waals surface area contributed by atoms with E-state index in [9.17, 15) is 0 Å². The van der Waals surface area contributed by atoms with E-state index in [1.165, 1.54) is 16.7 Å². The van der Waals surface area contributed by atoms with E-state index in [2.05, 4.69) is 82.1 Å². The molecule has 0 saturated carbocycles. The van der Waals surface area contributed by atoms with E-state index >= 15 is 0 Å². The molecule has 0 spiro atoms. The first-order valence-corrected chi connectivity index (χ1v) is 14.5. The van der Waals surface area contributed by atoms with Crippen LogP contribution < -0.4 is 0 Å². The monoisotopic (exact) mass is 445 g/mol. The van der Waals surface area contributed by atoms with Crippen molar-refractivity contribution in [2.45, 2.75) is 13.3 Å². The number of hydrogen-bond acceptors (Lipinski definition) is 0. The molecule has 0 nitrogen and oxygen atoms in total. The van der Waals surface area contributed by atoms with E-state index in [0.29, 0.717) is 11.7 Å².